The second-order valence-electron chi connectivity index (χ2n) is 8.09. The van der Waals surface area contributed by atoms with Gasteiger partial charge in [-0.2, -0.15) is 0 Å². The molecule has 0 saturated heterocycles. The van der Waals surface area contributed by atoms with Crippen LogP contribution in [-0.4, -0.2) is 53.8 Å². The van der Waals surface area contributed by atoms with Crippen molar-refractivity contribution in [2.45, 2.75) is 38.7 Å². The number of aromatic nitrogens is 2. The summed E-state index contributed by atoms with van der Waals surface area (Å²) in [4.78, 5) is 39.4. The molecule has 1 aliphatic rings. The maximum atomic E-state index is 12.9. The molecule has 0 spiro atoms. The molecule has 164 valence electrons. The Morgan fingerprint density at radius 2 is 2.06 bits per heavy atom. The van der Waals surface area contributed by atoms with Crippen LogP contribution in [0.5, 0.6) is 0 Å². The minimum Gasteiger partial charge on any atom is -0.458 e. The van der Waals surface area contributed by atoms with Crippen molar-refractivity contribution in [3.05, 3.63) is 62.5 Å². The molecule has 2 unspecified atom stereocenters. The summed E-state index contributed by atoms with van der Waals surface area (Å²) in [5, 5.41) is 2.69. The number of pyridine rings is 1. The number of ether oxygens (including phenoxy) is 1. The van der Waals surface area contributed by atoms with E-state index in [-0.39, 0.29) is 23.5 Å². The fourth-order valence-corrected chi connectivity index (χ4v) is 4.24. The number of carbonyl (C=O) groups is 1. The van der Waals surface area contributed by atoms with E-state index in [1.54, 1.807) is 18.5 Å². The third-order valence-electron chi connectivity index (χ3n) is 4.75. The fraction of sp³-hybridized carbons (Fsp3) is 0.391. The van der Waals surface area contributed by atoms with Crippen LogP contribution in [0, 0.1) is 0 Å². The highest BCUT2D eigenvalue weighted by Gasteiger charge is 2.22. The molecule has 1 aliphatic heterocycles. The largest absolute Gasteiger partial charge is 0.458 e. The van der Waals surface area contributed by atoms with Crippen LogP contribution in [0.2, 0.25) is 0 Å². The van der Waals surface area contributed by atoms with Crippen LogP contribution in [0.25, 0.3) is 11.3 Å². The molecule has 2 aromatic rings. The van der Waals surface area contributed by atoms with Crippen molar-refractivity contribution in [3.8, 4) is 11.3 Å². The lowest BCUT2D eigenvalue weighted by molar-refractivity contribution is 0.0287. The standard InChI is InChI=1S/C23H28N4O3S/c1-14(2)20-18(23(29)30-15(3)12-27(4)5)11-17(21(28)26-20)19-13-31-22(25-19)16-7-6-9-24-10-8-16/h6-11,13-16H,12H2,1-5H3,(H,26,28). The molecule has 0 radical (unpaired) electrons. The van der Waals surface area contributed by atoms with Crippen molar-refractivity contribution in [3.63, 3.8) is 0 Å². The Morgan fingerprint density at radius 1 is 1.29 bits per heavy atom. The topological polar surface area (TPSA) is 87.7 Å². The zero-order valence-electron chi connectivity index (χ0n) is 18.5. The van der Waals surface area contributed by atoms with E-state index in [1.807, 2.05) is 63.4 Å². The molecule has 1 N–H and O–H groups in total. The van der Waals surface area contributed by atoms with Gasteiger partial charge in [-0.05, 0) is 39.1 Å². The fourth-order valence-electron chi connectivity index (χ4n) is 3.36. The van der Waals surface area contributed by atoms with E-state index in [0.717, 1.165) is 5.01 Å². The Morgan fingerprint density at radius 3 is 2.77 bits per heavy atom. The molecule has 2 aromatic heterocycles. The Bertz CT molecular complexity index is 1060. The Kier molecular flexibility index (Phi) is 7.35. The molecule has 0 amide bonds. The lowest BCUT2D eigenvalue weighted by Gasteiger charge is -2.19. The van der Waals surface area contributed by atoms with Gasteiger partial charge in [-0.25, -0.2) is 9.78 Å². The maximum Gasteiger partial charge on any atom is 0.340 e. The first-order chi connectivity index (χ1) is 14.8. The van der Waals surface area contributed by atoms with Crippen LogP contribution < -0.4 is 5.56 Å². The molecule has 0 aliphatic carbocycles. The van der Waals surface area contributed by atoms with Gasteiger partial charge in [0.05, 0.1) is 16.8 Å². The number of H-pyrrole nitrogens is 1. The monoisotopic (exact) mass is 440 g/mol. The summed E-state index contributed by atoms with van der Waals surface area (Å²) in [7, 11) is 3.85. The number of carbonyl (C=O) groups excluding carboxylic acids is 1. The summed E-state index contributed by atoms with van der Waals surface area (Å²) < 4.78 is 5.63. The SMILES string of the molecule is CC(CN(C)C)OC(=O)c1cc(-c2csc(C3C=CC=NC=C3)n2)c(=O)[nH]c1C(C)C. The van der Waals surface area contributed by atoms with Gasteiger partial charge in [0.25, 0.3) is 5.56 Å². The first kappa shape index (κ1) is 22.8. The number of aromatic amines is 1. The van der Waals surface area contributed by atoms with E-state index < -0.39 is 5.97 Å². The van der Waals surface area contributed by atoms with E-state index in [9.17, 15) is 9.59 Å². The van der Waals surface area contributed by atoms with Crippen molar-refractivity contribution in [2.24, 2.45) is 4.99 Å². The van der Waals surface area contributed by atoms with Crippen LogP contribution in [0.1, 0.15) is 53.7 Å². The molecule has 3 heterocycles. The highest BCUT2D eigenvalue weighted by atomic mass is 32.1. The summed E-state index contributed by atoms with van der Waals surface area (Å²) in [6, 6.07) is 1.61. The molecule has 0 fully saturated rings. The number of nitrogens with one attached hydrogen (secondary N) is 1. The molecule has 2 atom stereocenters. The van der Waals surface area contributed by atoms with Gasteiger partial charge in [-0.3, -0.25) is 9.79 Å². The molecule has 31 heavy (non-hydrogen) atoms. The first-order valence-electron chi connectivity index (χ1n) is 10.2. The van der Waals surface area contributed by atoms with Gasteiger partial charge >= 0.3 is 5.97 Å². The molecule has 0 saturated carbocycles. The van der Waals surface area contributed by atoms with Crippen LogP contribution in [0.3, 0.4) is 0 Å². The minimum absolute atomic E-state index is 0.00779. The Labute approximate surface area is 186 Å². The van der Waals surface area contributed by atoms with Gasteiger partial charge in [0.2, 0.25) is 0 Å². The second kappa shape index (κ2) is 9.98. The Hall–Kier alpha value is -2.84. The summed E-state index contributed by atoms with van der Waals surface area (Å²) in [6.45, 7) is 6.32. The van der Waals surface area contributed by atoms with E-state index in [4.69, 9.17) is 4.74 Å². The van der Waals surface area contributed by atoms with Crippen LogP contribution in [0.4, 0.5) is 0 Å². The normalized spacial score (nSPS) is 16.7. The second-order valence-corrected chi connectivity index (χ2v) is 8.98. The highest BCUT2D eigenvalue weighted by molar-refractivity contribution is 7.10. The van der Waals surface area contributed by atoms with Crippen molar-refractivity contribution < 1.29 is 9.53 Å². The number of hydrogen-bond donors (Lipinski definition) is 1. The number of thiazole rings is 1. The zero-order chi connectivity index (χ0) is 22.5. The van der Waals surface area contributed by atoms with Crippen molar-refractivity contribution in [1.82, 2.24) is 14.9 Å². The van der Waals surface area contributed by atoms with Crippen LogP contribution in [-0.2, 0) is 4.74 Å². The molecule has 0 bridgehead atoms. The smallest absolute Gasteiger partial charge is 0.340 e. The number of esters is 1. The van der Waals surface area contributed by atoms with E-state index in [1.165, 1.54) is 11.3 Å². The summed E-state index contributed by atoms with van der Waals surface area (Å²) in [5.41, 5.74) is 1.56. The number of rotatable bonds is 7. The number of hydrogen-bond acceptors (Lipinski definition) is 7. The minimum atomic E-state index is -0.446. The first-order valence-corrected chi connectivity index (χ1v) is 11.1. The van der Waals surface area contributed by atoms with Crippen molar-refractivity contribution in [2.75, 3.05) is 20.6 Å². The zero-order valence-corrected chi connectivity index (χ0v) is 19.3. The van der Waals surface area contributed by atoms with Gasteiger partial charge < -0.3 is 14.6 Å². The summed E-state index contributed by atoms with van der Waals surface area (Å²) in [5.74, 6) is -0.495. The number of nitrogens with zero attached hydrogens (tertiary/aromatic N) is 3. The van der Waals surface area contributed by atoms with Crippen molar-refractivity contribution >= 4 is 23.5 Å². The average molecular weight is 441 g/mol. The molecule has 8 heteroatoms. The quantitative estimate of drug-likeness (QED) is 0.659. The Balaban J connectivity index is 1.96. The molecule has 3 rings (SSSR count). The predicted octanol–water partition coefficient (Wildman–Crippen LogP) is 3.97. The van der Waals surface area contributed by atoms with Crippen LogP contribution >= 0.6 is 11.3 Å². The third-order valence-corrected chi connectivity index (χ3v) is 5.70. The third kappa shape index (κ3) is 5.65. The van der Waals surface area contributed by atoms with E-state index in [0.29, 0.717) is 29.1 Å². The summed E-state index contributed by atoms with van der Waals surface area (Å²) in [6.07, 6.45) is 8.99. The van der Waals surface area contributed by atoms with Gasteiger partial charge in [0, 0.05) is 36.0 Å². The average Bonchev–Trinajstić information content (AvgIpc) is 3.01. The van der Waals surface area contributed by atoms with Gasteiger partial charge in [0.1, 0.15) is 11.1 Å². The van der Waals surface area contributed by atoms with E-state index in [2.05, 4.69) is 15.0 Å². The molecule has 0 aromatic carbocycles. The number of likely N-dealkylation sites (N-methyl/N-ethyl adjacent to an activating group) is 1. The summed E-state index contributed by atoms with van der Waals surface area (Å²) >= 11 is 1.47. The molecular weight excluding hydrogens is 412 g/mol. The lowest BCUT2D eigenvalue weighted by Crippen LogP contribution is -2.29. The highest BCUT2D eigenvalue weighted by Crippen LogP contribution is 2.29. The van der Waals surface area contributed by atoms with Gasteiger partial charge in [-0.15, -0.1) is 11.3 Å². The van der Waals surface area contributed by atoms with Crippen LogP contribution in [0.15, 0.2) is 45.7 Å². The predicted molar refractivity (Wildman–Crippen MR) is 125 cm³/mol. The molecule has 7 nitrogen and oxygen atoms in total. The van der Waals surface area contributed by atoms with E-state index >= 15 is 0 Å². The number of allylic oxidation sites excluding steroid dienone is 3. The van der Waals surface area contributed by atoms with Gasteiger partial charge in [0.15, 0.2) is 0 Å². The van der Waals surface area contributed by atoms with Gasteiger partial charge in [-0.1, -0.05) is 26.0 Å². The lowest BCUT2D eigenvalue weighted by atomic mass is 10.0. The van der Waals surface area contributed by atoms with Crippen molar-refractivity contribution in [1.29, 1.82) is 0 Å². The maximum absolute atomic E-state index is 12.9. The molecular formula is C23H28N4O3S. The number of aliphatic imine (C=N–C) groups is 1.